The van der Waals surface area contributed by atoms with E-state index < -0.39 is 0 Å². The third-order valence-corrected chi connectivity index (χ3v) is 6.64. The monoisotopic (exact) mass is 385 g/mol. The van der Waals surface area contributed by atoms with Gasteiger partial charge in [-0.1, -0.05) is 6.07 Å². The number of rotatable bonds is 4. The Hall–Kier alpha value is -1.86. The van der Waals surface area contributed by atoms with Crippen LogP contribution < -0.4 is 10.2 Å². The maximum Gasteiger partial charge on any atom is 0.194 e. The molecule has 152 valence electrons. The van der Waals surface area contributed by atoms with Crippen molar-refractivity contribution >= 4 is 11.8 Å². The van der Waals surface area contributed by atoms with Crippen LogP contribution in [0.25, 0.3) is 0 Å². The molecule has 7 heteroatoms. The SMILES string of the molecule is CCNC(=NCc1ccc(N2CCOCC2)nc1)N1CC2C3CCC(O3)C2C1. The Balaban J connectivity index is 1.23. The number of pyridine rings is 1. The quantitative estimate of drug-likeness (QED) is 0.626. The summed E-state index contributed by atoms with van der Waals surface area (Å²) in [5, 5.41) is 3.49. The molecule has 4 aliphatic heterocycles. The molecular formula is C21H31N5O2. The maximum atomic E-state index is 6.11. The smallest absolute Gasteiger partial charge is 0.194 e. The van der Waals surface area contributed by atoms with E-state index in [-0.39, 0.29) is 0 Å². The van der Waals surface area contributed by atoms with Crippen LogP contribution in [0.4, 0.5) is 5.82 Å². The van der Waals surface area contributed by atoms with Crippen molar-refractivity contribution in [1.82, 2.24) is 15.2 Å². The Morgan fingerprint density at radius 1 is 1.18 bits per heavy atom. The summed E-state index contributed by atoms with van der Waals surface area (Å²) in [6.07, 6.45) is 5.42. The first kappa shape index (κ1) is 18.2. The van der Waals surface area contributed by atoms with Crippen LogP contribution in [0.2, 0.25) is 0 Å². The second kappa shape index (κ2) is 7.87. The number of guanidine groups is 1. The van der Waals surface area contributed by atoms with Crippen molar-refractivity contribution < 1.29 is 9.47 Å². The van der Waals surface area contributed by atoms with Gasteiger partial charge in [0.2, 0.25) is 0 Å². The molecule has 5 rings (SSSR count). The van der Waals surface area contributed by atoms with Gasteiger partial charge >= 0.3 is 0 Å². The number of aliphatic imine (C=N–C) groups is 1. The molecule has 1 aromatic heterocycles. The van der Waals surface area contributed by atoms with Crippen molar-refractivity contribution in [1.29, 1.82) is 0 Å². The van der Waals surface area contributed by atoms with Crippen LogP contribution in [0, 0.1) is 11.8 Å². The number of hydrogen-bond donors (Lipinski definition) is 1. The minimum atomic E-state index is 0.486. The van der Waals surface area contributed by atoms with Gasteiger partial charge in [-0.3, -0.25) is 0 Å². The fraction of sp³-hybridized carbons (Fsp3) is 0.714. The molecule has 1 aromatic rings. The molecule has 4 aliphatic rings. The van der Waals surface area contributed by atoms with E-state index in [1.807, 2.05) is 6.20 Å². The lowest BCUT2D eigenvalue weighted by molar-refractivity contribution is 0.0767. The van der Waals surface area contributed by atoms with Gasteiger partial charge < -0.3 is 24.6 Å². The van der Waals surface area contributed by atoms with Crippen molar-refractivity contribution in [2.24, 2.45) is 16.8 Å². The summed E-state index contributed by atoms with van der Waals surface area (Å²) in [7, 11) is 0. The van der Waals surface area contributed by atoms with E-state index in [2.05, 4.69) is 39.2 Å². The molecule has 4 atom stereocenters. The first-order chi connectivity index (χ1) is 13.8. The third-order valence-electron chi connectivity index (χ3n) is 6.64. The number of nitrogens with one attached hydrogen (secondary N) is 1. The van der Waals surface area contributed by atoms with Crippen molar-refractivity contribution in [3.8, 4) is 0 Å². The Morgan fingerprint density at radius 3 is 2.57 bits per heavy atom. The molecule has 4 fully saturated rings. The summed E-state index contributed by atoms with van der Waals surface area (Å²) >= 11 is 0. The van der Waals surface area contributed by atoms with E-state index in [4.69, 9.17) is 14.5 Å². The Morgan fingerprint density at radius 2 is 1.93 bits per heavy atom. The minimum absolute atomic E-state index is 0.486. The number of ether oxygens (including phenoxy) is 2. The molecule has 0 spiro atoms. The van der Waals surface area contributed by atoms with Gasteiger partial charge in [0.15, 0.2) is 5.96 Å². The summed E-state index contributed by atoms with van der Waals surface area (Å²) in [6.45, 7) is 9.23. The molecule has 4 unspecified atom stereocenters. The number of morpholine rings is 1. The lowest BCUT2D eigenvalue weighted by atomic mass is 9.82. The maximum absolute atomic E-state index is 6.11. The van der Waals surface area contributed by atoms with E-state index in [0.717, 1.165) is 63.3 Å². The molecule has 0 amide bonds. The first-order valence-electron chi connectivity index (χ1n) is 10.8. The zero-order chi connectivity index (χ0) is 18.9. The first-order valence-corrected chi connectivity index (χ1v) is 10.8. The molecule has 5 heterocycles. The minimum Gasteiger partial charge on any atom is -0.378 e. The van der Waals surface area contributed by atoms with Crippen molar-refractivity contribution in [3.05, 3.63) is 23.9 Å². The predicted octanol–water partition coefficient (Wildman–Crippen LogP) is 1.49. The standard InChI is InChI=1S/C21H31N5O2/c1-2-22-21(26-13-16-17(14-26)19-5-4-18(16)28-19)24-12-15-3-6-20(23-11-15)25-7-9-27-10-8-25/h3,6,11,16-19H,2,4-5,7-10,12-14H2,1H3,(H,22,24). The molecule has 4 saturated heterocycles. The fourth-order valence-corrected chi connectivity index (χ4v) is 5.21. The summed E-state index contributed by atoms with van der Waals surface area (Å²) in [5.74, 6) is 3.45. The van der Waals surface area contributed by atoms with Gasteiger partial charge in [-0.15, -0.1) is 0 Å². The number of anilines is 1. The normalized spacial score (nSPS) is 32.1. The van der Waals surface area contributed by atoms with Crippen LogP contribution in [-0.2, 0) is 16.0 Å². The van der Waals surface area contributed by atoms with E-state index in [0.29, 0.717) is 30.6 Å². The average Bonchev–Trinajstić information content (AvgIpc) is 3.45. The summed E-state index contributed by atoms with van der Waals surface area (Å²) in [5.41, 5.74) is 1.15. The van der Waals surface area contributed by atoms with Crippen LogP contribution in [0.15, 0.2) is 23.3 Å². The number of hydrogen-bond acceptors (Lipinski definition) is 5. The summed E-state index contributed by atoms with van der Waals surface area (Å²) < 4.78 is 11.5. The lowest BCUT2D eigenvalue weighted by Gasteiger charge is -2.27. The van der Waals surface area contributed by atoms with Crippen molar-refractivity contribution in [2.75, 3.05) is 50.8 Å². The largest absolute Gasteiger partial charge is 0.378 e. The molecule has 28 heavy (non-hydrogen) atoms. The third kappa shape index (κ3) is 3.46. The molecule has 1 N–H and O–H groups in total. The van der Waals surface area contributed by atoms with Crippen LogP contribution >= 0.6 is 0 Å². The number of likely N-dealkylation sites (tertiary alicyclic amines) is 1. The molecular weight excluding hydrogens is 354 g/mol. The zero-order valence-electron chi connectivity index (χ0n) is 16.7. The molecule has 0 aliphatic carbocycles. The summed E-state index contributed by atoms with van der Waals surface area (Å²) in [4.78, 5) is 14.3. The van der Waals surface area contributed by atoms with Crippen LogP contribution in [0.1, 0.15) is 25.3 Å². The second-order valence-electron chi connectivity index (χ2n) is 8.32. The molecule has 0 radical (unpaired) electrons. The predicted molar refractivity (Wildman–Crippen MR) is 109 cm³/mol. The highest BCUT2D eigenvalue weighted by atomic mass is 16.5. The van der Waals surface area contributed by atoms with Crippen LogP contribution in [0.5, 0.6) is 0 Å². The zero-order valence-corrected chi connectivity index (χ0v) is 16.7. The van der Waals surface area contributed by atoms with Gasteiger partial charge in [-0.25, -0.2) is 9.98 Å². The Labute approximate surface area is 167 Å². The van der Waals surface area contributed by atoms with Gasteiger partial charge in [0.1, 0.15) is 5.82 Å². The number of nitrogens with zero attached hydrogens (tertiary/aromatic N) is 4. The van der Waals surface area contributed by atoms with Gasteiger partial charge in [-0.05, 0) is 31.4 Å². The van der Waals surface area contributed by atoms with E-state index in [9.17, 15) is 0 Å². The van der Waals surface area contributed by atoms with E-state index >= 15 is 0 Å². The molecule has 0 saturated carbocycles. The van der Waals surface area contributed by atoms with Gasteiger partial charge in [0.05, 0.1) is 32.0 Å². The van der Waals surface area contributed by atoms with Gasteiger partial charge in [-0.2, -0.15) is 0 Å². The van der Waals surface area contributed by atoms with Gasteiger partial charge in [0.25, 0.3) is 0 Å². The highest BCUT2D eigenvalue weighted by Crippen LogP contribution is 2.47. The highest BCUT2D eigenvalue weighted by molar-refractivity contribution is 5.80. The molecule has 0 aromatic carbocycles. The summed E-state index contributed by atoms with van der Waals surface area (Å²) in [6, 6.07) is 4.26. The average molecular weight is 386 g/mol. The van der Waals surface area contributed by atoms with Gasteiger partial charge in [0, 0.05) is 50.8 Å². The second-order valence-corrected chi connectivity index (χ2v) is 8.32. The van der Waals surface area contributed by atoms with Crippen molar-refractivity contribution in [2.45, 2.75) is 38.5 Å². The molecule has 7 nitrogen and oxygen atoms in total. The van der Waals surface area contributed by atoms with E-state index in [1.54, 1.807) is 0 Å². The lowest BCUT2D eigenvalue weighted by Crippen LogP contribution is -2.41. The van der Waals surface area contributed by atoms with Crippen LogP contribution in [0.3, 0.4) is 0 Å². The van der Waals surface area contributed by atoms with E-state index in [1.165, 1.54) is 12.8 Å². The highest BCUT2D eigenvalue weighted by Gasteiger charge is 2.53. The Bertz CT molecular complexity index is 685. The topological polar surface area (TPSA) is 62.2 Å². The van der Waals surface area contributed by atoms with Crippen molar-refractivity contribution in [3.63, 3.8) is 0 Å². The van der Waals surface area contributed by atoms with Crippen LogP contribution in [-0.4, -0.2) is 74.0 Å². The Kier molecular flexibility index (Phi) is 5.11. The number of fused-ring (bicyclic) bond motifs is 5. The fourth-order valence-electron chi connectivity index (χ4n) is 5.21. The number of aromatic nitrogens is 1. The molecule has 2 bridgehead atoms.